The quantitative estimate of drug-likeness (QED) is 0.815. The largest absolute Gasteiger partial charge is 0.379 e. The molecule has 1 heterocycles. The van der Waals surface area contributed by atoms with Gasteiger partial charge in [-0.05, 0) is 29.5 Å². The highest BCUT2D eigenvalue weighted by molar-refractivity contribution is 5.49. The molecule has 1 aliphatic heterocycles. The van der Waals surface area contributed by atoms with Crippen LogP contribution >= 0.6 is 0 Å². The number of rotatable bonds is 4. The highest BCUT2D eigenvalue weighted by Crippen LogP contribution is 2.45. The topological polar surface area (TPSA) is 12.5 Å². The summed E-state index contributed by atoms with van der Waals surface area (Å²) in [5.74, 6) is 0. The van der Waals surface area contributed by atoms with E-state index in [1.807, 2.05) is 0 Å². The second-order valence-electron chi connectivity index (χ2n) is 6.70. The predicted molar refractivity (Wildman–Crippen MR) is 103 cm³/mol. The second kappa shape index (κ2) is 7.38. The molecule has 2 heteroatoms. The third-order valence-corrected chi connectivity index (χ3v) is 5.35. The number of hydrogen-bond donors (Lipinski definition) is 0. The fourth-order valence-corrected chi connectivity index (χ4v) is 4.27. The Bertz CT molecular complexity index is 703. The summed E-state index contributed by atoms with van der Waals surface area (Å²) in [6.45, 7) is 3.49. The van der Waals surface area contributed by atoms with E-state index >= 15 is 0 Å². The molecule has 2 nitrogen and oxygen atoms in total. The van der Waals surface area contributed by atoms with Crippen LogP contribution in [0.25, 0.3) is 0 Å². The zero-order chi connectivity index (χ0) is 17.0. The monoisotopic (exact) mass is 331 g/mol. The zero-order valence-electron chi connectivity index (χ0n) is 14.6. The third-order valence-electron chi connectivity index (χ3n) is 5.35. The summed E-state index contributed by atoms with van der Waals surface area (Å²) in [6, 6.07) is 22.0. The molecule has 1 aliphatic carbocycles. The first-order chi connectivity index (χ1) is 12.4. The summed E-state index contributed by atoms with van der Waals surface area (Å²) >= 11 is 0. The SMILES string of the molecule is C1=CCCC(C(c2ccccc2)(c2ccccc2)N2CCOCC2)=C1. The molecular formula is C23H25NO. The Morgan fingerprint density at radius 1 is 0.800 bits per heavy atom. The molecule has 0 aromatic heterocycles. The lowest BCUT2D eigenvalue weighted by Gasteiger charge is -2.48. The van der Waals surface area contributed by atoms with Crippen LogP contribution in [0.1, 0.15) is 24.0 Å². The van der Waals surface area contributed by atoms with E-state index in [0.29, 0.717) is 0 Å². The second-order valence-corrected chi connectivity index (χ2v) is 6.70. The minimum absolute atomic E-state index is 0.211. The van der Waals surface area contributed by atoms with Gasteiger partial charge < -0.3 is 4.74 Å². The molecule has 2 aromatic rings. The number of benzene rings is 2. The molecule has 1 fully saturated rings. The van der Waals surface area contributed by atoms with Crippen molar-refractivity contribution in [2.24, 2.45) is 0 Å². The Balaban J connectivity index is 1.97. The van der Waals surface area contributed by atoms with Crippen molar-refractivity contribution in [1.29, 1.82) is 0 Å². The van der Waals surface area contributed by atoms with Crippen LogP contribution in [-0.2, 0) is 10.3 Å². The van der Waals surface area contributed by atoms with E-state index in [1.165, 1.54) is 16.7 Å². The molecule has 0 saturated carbocycles. The lowest BCUT2D eigenvalue weighted by molar-refractivity contribution is 0.000181. The standard InChI is InChI=1S/C23H25NO/c1-4-10-20(11-5-1)23(21-12-6-2-7-13-21,22-14-8-3-9-15-22)24-16-18-25-19-17-24/h1-8,10-14H,9,15-19H2. The Labute approximate surface area is 150 Å². The number of morpholine rings is 1. The van der Waals surface area contributed by atoms with Gasteiger partial charge in [0.2, 0.25) is 0 Å². The van der Waals surface area contributed by atoms with Crippen LogP contribution < -0.4 is 0 Å². The van der Waals surface area contributed by atoms with Crippen molar-refractivity contribution >= 4 is 0 Å². The van der Waals surface area contributed by atoms with Crippen LogP contribution in [-0.4, -0.2) is 31.2 Å². The van der Waals surface area contributed by atoms with E-state index in [2.05, 4.69) is 83.8 Å². The molecule has 0 unspecified atom stereocenters. The maximum absolute atomic E-state index is 5.68. The summed E-state index contributed by atoms with van der Waals surface area (Å²) in [5.41, 5.74) is 3.97. The van der Waals surface area contributed by atoms with Crippen LogP contribution in [0.3, 0.4) is 0 Å². The van der Waals surface area contributed by atoms with Crippen molar-refractivity contribution in [3.63, 3.8) is 0 Å². The average Bonchev–Trinajstić information content (AvgIpc) is 2.72. The molecule has 0 spiro atoms. The van der Waals surface area contributed by atoms with Crippen LogP contribution in [0.15, 0.2) is 84.5 Å². The molecule has 25 heavy (non-hydrogen) atoms. The van der Waals surface area contributed by atoms with E-state index in [4.69, 9.17) is 4.74 Å². The van der Waals surface area contributed by atoms with Crippen molar-refractivity contribution in [2.45, 2.75) is 18.4 Å². The summed E-state index contributed by atoms with van der Waals surface area (Å²) in [5, 5.41) is 0. The lowest BCUT2D eigenvalue weighted by Crippen LogP contribution is -2.53. The maximum atomic E-state index is 5.68. The van der Waals surface area contributed by atoms with Gasteiger partial charge in [-0.3, -0.25) is 4.90 Å². The number of hydrogen-bond acceptors (Lipinski definition) is 2. The fraction of sp³-hybridized carbons (Fsp3) is 0.304. The minimum atomic E-state index is -0.211. The van der Waals surface area contributed by atoms with Gasteiger partial charge >= 0.3 is 0 Å². The number of nitrogens with zero attached hydrogens (tertiary/aromatic N) is 1. The van der Waals surface area contributed by atoms with Crippen molar-refractivity contribution < 1.29 is 4.74 Å². The molecule has 2 aliphatic rings. The van der Waals surface area contributed by atoms with E-state index in [9.17, 15) is 0 Å². The first-order valence-corrected chi connectivity index (χ1v) is 9.22. The van der Waals surface area contributed by atoms with Gasteiger partial charge in [0.1, 0.15) is 0 Å². The Morgan fingerprint density at radius 2 is 1.40 bits per heavy atom. The molecule has 0 atom stereocenters. The van der Waals surface area contributed by atoms with Gasteiger partial charge in [-0.1, -0.05) is 78.9 Å². The van der Waals surface area contributed by atoms with Crippen molar-refractivity contribution in [3.8, 4) is 0 Å². The van der Waals surface area contributed by atoms with Gasteiger partial charge in [0.05, 0.1) is 18.8 Å². The molecule has 2 aromatic carbocycles. The molecule has 0 amide bonds. The van der Waals surface area contributed by atoms with Gasteiger partial charge in [-0.2, -0.15) is 0 Å². The van der Waals surface area contributed by atoms with Crippen LogP contribution in [0.4, 0.5) is 0 Å². The Morgan fingerprint density at radius 3 is 1.92 bits per heavy atom. The fourth-order valence-electron chi connectivity index (χ4n) is 4.27. The molecule has 128 valence electrons. The van der Waals surface area contributed by atoms with Gasteiger partial charge in [-0.25, -0.2) is 0 Å². The van der Waals surface area contributed by atoms with Crippen LogP contribution in [0.2, 0.25) is 0 Å². The molecule has 0 bridgehead atoms. The van der Waals surface area contributed by atoms with Crippen LogP contribution in [0.5, 0.6) is 0 Å². The third kappa shape index (κ3) is 2.97. The molecule has 0 radical (unpaired) electrons. The highest BCUT2D eigenvalue weighted by Gasteiger charge is 2.43. The Hall–Kier alpha value is -2.16. The molecule has 0 N–H and O–H groups in total. The number of ether oxygens (including phenoxy) is 1. The van der Waals surface area contributed by atoms with Crippen molar-refractivity contribution in [3.05, 3.63) is 95.6 Å². The van der Waals surface area contributed by atoms with Crippen molar-refractivity contribution in [1.82, 2.24) is 4.90 Å². The van der Waals surface area contributed by atoms with Crippen LogP contribution in [0, 0.1) is 0 Å². The van der Waals surface area contributed by atoms with Gasteiger partial charge in [0.25, 0.3) is 0 Å². The lowest BCUT2D eigenvalue weighted by atomic mass is 9.72. The van der Waals surface area contributed by atoms with E-state index in [-0.39, 0.29) is 5.54 Å². The zero-order valence-corrected chi connectivity index (χ0v) is 14.6. The normalized spacial score (nSPS) is 18.8. The maximum Gasteiger partial charge on any atom is 0.0937 e. The minimum Gasteiger partial charge on any atom is -0.379 e. The Kier molecular flexibility index (Phi) is 4.82. The smallest absolute Gasteiger partial charge is 0.0937 e. The summed E-state index contributed by atoms with van der Waals surface area (Å²) < 4.78 is 5.68. The summed E-state index contributed by atoms with van der Waals surface area (Å²) in [4.78, 5) is 2.62. The molecule has 4 rings (SSSR count). The van der Waals surface area contributed by atoms with Gasteiger partial charge in [0.15, 0.2) is 0 Å². The molecule has 1 saturated heterocycles. The van der Waals surface area contributed by atoms with E-state index in [1.54, 1.807) is 0 Å². The summed E-state index contributed by atoms with van der Waals surface area (Å²) in [6.07, 6.45) is 9.03. The first-order valence-electron chi connectivity index (χ1n) is 9.22. The number of allylic oxidation sites excluding steroid dienone is 3. The van der Waals surface area contributed by atoms with Gasteiger partial charge in [-0.15, -0.1) is 0 Å². The first kappa shape index (κ1) is 16.3. The highest BCUT2D eigenvalue weighted by atomic mass is 16.5. The molecular weight excluding hydrogens is 306 g/mol. The summed E-state index contributed by atoms with van der Waals surface area (Å²) in [7, 11) is 0. The van der Waals surface area contributed by atoms with Crippen molar-refractivity contribution in [2.75, 3.05) is 26.3 Å². The average molecular weight is 331 g/mol. The van der Waals surface area contributed by atoms with Gasteiger partial charge in [0, 0.05) is 13.1 Å². The predicted octanol–water partition coefficient (Wildman–Crippen LogP) is 4.54. The van der Waals surface area contributed by atoms with E-state index < -0.39 is 0 Å². The van der Waals surface area contributed by atoms with E-state index in [0.717, 1.165) is 39.1 Å².